The highest BCUT2D eigenvalue weighted by molar-refractivity contribution is 7.89. The smallest absolute Gasteiger partial charge is 0.260 e. The normalized spacial score (nSPS) is 16.9. The number of ether oxygens (including phenoxy) is 2. The number of hydrogen-bond donors (Lipinski definition) is 1. The second-order valence-corrected chi connectivity index (χ2v) is 8.28. The lowest BCUT2D eigenvalue weighted by molar-refractivity contribution is -0.126. The van der Waals surface area contributed by atoms with Crippen molar-refractivity contribution in [3.63, 3.8) is 0 Å². The van der Waals surface area contributed by atoms with E-state index < -0.39 is 15.9 Å². The maximum absolute atomic E-state index is 13.1. The molecule has 1 aliphatic rings. The molecule has 0 radical (unpaired) electrons. The van der Waals surface area contributed by atoms with Gasteiger partial charge in [0.2, 0.25) is 5.91 Å². The Kier molecular flexibility index (Phi) is 6.61. The zero-order chi connectivity index (χ0) is 20.0. The number of hydrogen-bond acceptors (Lipinski definition) is 6. The fourth-order valence-corrected chi connectivity index (χ4v) is 4.19. The first-order chi connectivity index (χ1) is 13.5. The van der Waals surface area contributed by atoms with E-state index in [4.69, 9.17) is 9.47 Å². The fourth-order valence-electron chi connectivity index (χ4n) is 2.91. The molecule has 0 aliphatic carbocycles. The first kappa shape index (κ1) is 20.2. The molecular weight excluding hydrogens is 382 g/mol. The van der Waals surface area contributed by atoms with Crippen molar-refractivity contribution >= 4 is 15.9 Å². The van der Waals surface area contributed by atoms with Crippen LogP contribution in [-0.2, 0) is 26.1 Å². The van der Waals surface area contributed by atoms with Crippen molar-refractivity contribution in [1.29, 1.82) is 0 Å². The number of nitrogens with one attached hydrogen (secondary N) is 1. The van der Waals surface area contributed by atoms with Crippen molar-refractivity contribution in [3.8, 4) is 5.75 Å². The zero-order valence-corrected chi connectivity index (χ0v) is 16.4. The van der Waals surface area contributed by atoms with Gasteiger partial charge in [0.25, 0.3) is 10.0 Å². The average molecular weight is 405 g/mol. The lowest BCUT2D eigenvalue weighted by atomic mass is 10.2. The van der Waals surface area contributed by atoms with Crippen molar-refractivity contribution in [2.45, 2.75) is 36.8 Å². The summed E-state index contributed by atoms with van der Waals surface area (Å²) >= 11 is 0. The molecule has 0 spiro atoms. The van der Waals surface area contributed by atoms with Gasteiger partial charge in [-0.3, -0.25) is 15.2 Å². The fraction of sp³-hybridized carbons (Fsp3) is 0.368. The van der Waals surface area contributed by atoms with Crippen molar-refractivity contribution < 1.29 is 22.7 Å². The summed E-state index contributed by atoms with van der Waals surface area (Å²) in [6.07, 6.45) is 4.78. The molecule has 1 atom stereocenters. The standard InChI is InChI=1S/C19H23N3O5S/c1-26-16-4-6-18(7-5-16)28(24,25)22(14-15-8-10-20-11-9-15)21-19(23)13-17-3-2-12-27-17/h4-11,17H,2-3,12-14H2,1H3,(H,21,23). The first-order valence-corrected chi connectivity index (χ1v) is 10.4. The van der Waals surface area contributed by atoms with Gasteiger partial charge >= 0.3 is 0 Å². The van der Waals surface area contributed by atoms with Gasteiger partial charge in [-0.25, -0.2) is 8.42 Å². The van der Waals surface area contributed by atoms with Crippen LogP contribution in [0.5, 0.6) is 5.75 Å². The highest BCUT2D eigenvalue weighted by atomic mass is 32.2. The van der Waals surface area contributed by atoms with E-state index in [1.165, 1.54) is 19.2 Å². The largest absolute Gasteiger partial charge is 0.497 e. The summed E-state index contributed by atoms with van der Waals surface area (Å²) in [5.41, 5.74) is 3.23. The van der Waals surface area contributed by atoms with Gasteiger partial charge in [-0.05, 0) is 54.8 Å². The topological polar surface area (TPSA) is 97.8 Å². The van der Waals surface area contributed by atoms with E-state index in [1.54, 1.807) is 36.7 Å². The third-order valence-electron chi connectivity index (χ3n) is 4.41. The minimum absolute atomic E-state index is 0.0197. The Hall–Kier alpha value is -2.49. The molecule has 1 saturated heterocycles. The third-order valence-corrected chi connectivity index (χ3v) is 6.08. The van der Waals surface area contributed by atoms with Crippen LogP contribution < -0.4 is 10.2 Å². The quantitative estimate of drug-likeness (QED) is 0.674. The molecule has 1 fully saturated rings. The van der Waals surface area contributed by atoms with E-state index in [9.17, 15) is 13.2 Å². The zero-order valence-electron chi connectivity index (χ0n) is 15.6. The number of methoxy groups -OCH3 is 1. The Morgan fingerprint density at radius 1 is 1.25 bits per heavy atom. The van der Waals surface area contributed by atoms with Gasteiger partial charge in [-0.15, -0.1) is 4.41 Å². The van der Waals surface area contributed by atoms with Crippen LogP contribution in [-0.4, -0.2) is 43.5 Å². The number of carbonyl (C=O) groups is 1. The summed E-state index contributed by atoms with van der Waals surface area (Å²) < 4.78 is 37.8. The number of amides is 1. The Labute approximate surface area is 164 Å². The molecule has 1 aliphatic heterocycles. The number of nitrogens with zero attached hydrogens (tertiary/aromatic N) is 2. The molecular formula is C19H23N3O5S. The molecule has 3 rings (SSSR count). The van der Waals surface area contributed by atoms with E-state index in [1.807, 2.05) is 0 Å². The molecule has 2 heterocycles. The van der Waals surface area contributed by atoms with Crippen molar-refractivity contribution in [1.82, 2.24) is 14.8 Å². The van der Waals surface area contributed by atoms with Gasteiger partial charge in [0, 0.05) is 19.0 Å². The molecule has 1 amide bonds. The van der Waals surface area contributed by atoms with Crippen LogP contribution >= 0.6 is 0 Å². The molecule has 1 aromatic carbocycles. The molecule has 2 aromatic rings. The lowest BCUT2D eigenvalue weighted by Crippen LogP contribution is -2.46. The van der Waals surface area contributed by atoms with Crippen LogP contribution in [0.25, 0.3) is 0 Å². The van der Waals surface area contributed by atoms with Gasteiger partial charge in [0.15, 0.2) is 0 Å². The van der Waals surface area contributed by atoms with Crippen molar-refractivity contribution in [3.05, 3.63) is 54.4 Å². The molecule has 1 unspecified atom stereocenters. The number of rotatable bonds is 8. The predicted octanol–water partition coefficient (Wildman–Crippen LogP) is 1.88. The molecule has 28 heavy (non-hydrogen) atoms. The molecule has 1 N–H and O–H groups in total. The van der Waals surface area contributed by atoms with E-state index >= 15 is 0 Å². The molecule has 0 saturated carbocycles. The van der Waals surface area contributed by atoms with E-state index in [0.717, 1.165) is 17.3 Å². The Balaban J connectivity index is 1.82. The highest BCUT2D eigenvalue weighted by Crippen LogP contribution is 2.21. The SMILES string of the molecule is COc1ccc(S(=O)(=O)N(Cc2ccncc2)NC(=O)CC2CCCO2)cc1. The van der Waals surface area contributed by atoms with E-state index in [-0.39, 0.29) is 24.0 Å². The highest BCUT2D eigenvalue weighted by Gasteiger charge is 2.28. The number of aromatic nitrogens is 1. The summed E-state index contributed by atoms with van der Waals surface area (Å²) in [4.78, 5) is 16.4. The number of carbonyl (C=O) groups excluding carboxylic acids is 1. The molecule has 1 aromatic heterocycles. The second-order valence-electron chi connectivity index (χ2n) is 6.42. The molecule has 8 nitrogen and oxygen atoms in total. The van der Waals surface area contributed by atoms with Crippen molar-refractivity contribution in [2.75, 3.05) is 13.7 Å². The number of pyridine rings is 1. The maximum atomic E-state index is 13.1. The molecule has 150 valence electrons. The van der Waals surface area contributed by atoms with E-state index in [0.29, 0.717) is 17.9 Å². The lowest BCUT2D eigenvalue weighted by Gasteiger charge is -2.23. The van der Waals surface area contributed by atoms with Gasteiger partial charge in [0.1, 0.15) is 5.75 Å². The Morgan fingerprint density at radius 2 is 1.96 bits per heavy atom. The second kappa shape index (κ2) is 9.13. The minimum Gasteiger partial charge on any atom is -0.497 e. The van der Waals surface area contributed by atoms with Crippen molar-refractivity contribution in [2.24, 2.45) is 0 Å². The summed E-state index contributed by atoms with van der Waals surface area (Å²) in [5, 5.41) is 0. The predicted molar refractivity (Wildman–Crippen MR) is 102 cm³/mol. The van der Waals surface area contributed by atoms with Gasteiger partial charge in [0.05, 0.1) is 31.1 Å². The van der Waals surface area contributed by atoms with Crippen LogP contribution in [0, 0.1) is 0 Å². The summed E-state index contributed by atoms with van der Waals surface area (Å²) in [7, 11) is -2.46. The Bertz CT molecular complexity index is 882. The van der Waals surface area contributed by atoms with Crippen LogP contribution in [0.2, 0.25) is 0 Å². The molecule has 9 heteroatoms. The number of benzene rings is 1. The Morgan fingerprint density at radius 3 is 2.57 bits per heavy atom. The first-order valence-electron chi connectivity index (χ1n) is 8.96. The summed E-state index contributed by atoms with van der Waals surface area (Å²) in [6, 6.07) is 9.41. The van der Waals surface area contributed by atoms with Crippen LogP contribution in [0.4, 0.5) is 0 Å². The monoisotopic (exact) mass is 405 g/mol. The minimum atomic E-state index is -3.97. The third kappa shape index (κ3) is 5.06. The molecule has 0 bridgehead atoms. The summed E-state index contributed by atoms with van der Waals surface area (Å²) in [6.45, 7) is 0.608. The van der Waals surface area contributed by atoms with Gasteiger partial charge in [-0.1, -0.05) is 0 Å². The number of sulfonamides is 1. The van der Waals surface area contributed by atoms with Gasteiger partial charge in [-0.2, -0.15) is 0 Å². The summed E-state index contributed by atoms with van der Waals surface area (Å²) in [5.74, 6) is 0.139. The van der Waals surface area contributed by atoms with Crippen LogP contribution in [0.3, 0.4) is 0 Å². The number of hydrazine groups is 1. The maximum Gasteiger partial charge on any atom is 0.260 e. The average Bonchev–Trinajstić information content (AvgIpc) is 3.21. The van der Waals surface area contributed by atoms with Crippen LogP contribution in [0.15, 0.2) is 53.7 Å². The van der Waals surface area contributed by atoms with E-state index in [2.05, 4.69) is 10.4 Å². The van der Waals surface area contributed by atoms with Crippen LogP contribution in [0.1, 0.15) is 24.8 Å². The van der Waals surface area contributed by atoms with Gasteiger partial charge < -0.3 is 9.47 Å².